The number of pyridine rings is 1. The van der Waals surface area contributed by atoms with E-state index in [9.17, 15) is 13.2 Å². The molecule has 1 saturated heterocycles. The number of rotatable bonds is 10. The van der Waals surface area contributed by atoms with Crippen molar-refractivity contribution in [3.05, 3.63) is 77.5 Å². The molecule has 1 amide bonds. The Labute approximate surface area is 232 Å². The highest BCUT2D eigenvalue weighted by atomic mass is 32.2. The molecule has 0 bridgehead atoms. The van der Waals surface area contributed by atoms with Gasteiger partial charge in [0.1, 0.15) is 5.75 Å². The van der Waals surface area contributed by atoms with Gasteiger partial charge in [0.05, 0.1) is 12.8 Å². The van der Waals surface area contributed by atoms with Crippen molar-refractivity contribution in [1.82, 2.24) is 9.88 Å². The monoisotopic (exact) mass is 550 g/mol. The van der Waals surface area contributed by atoms with E-state index in [4.69, 9.17) is 4.74 Å². The number of anilines is 2. The molecule has 0 atom stereocenters. The summed E-state index contributed by atoms with van der Waals surface area (Å²) in [6.45, 7) is 8.41. The summed E-state index contributed by atoms with van der Waals surface area (Å²) in [5.41, 5.74) is 3.73. The van der Waals surface area contributed by atoms with Crippen LogP contribution in [0.2, 0.25) is 0 Å². The number of piperazine rings is 1. The van der Waals surface area contributed by atoms with E-state index in [-0.39, 0.29) is 16.9 Å². The fourth-order valence-corrected chi connectivity index (χ4v) is 5.79. The van der Waals surface area contributed by atoms with Crippen molar-refractivity contribution in [2.45, 2.75) is 51.0 Å². The number of ether oxygens (including phenoxy) is 1. The lowest BCUT2D eigenvalue weighted by Crippen LogP contribution is -2.49. The summed E-state index contributed by atoms with van der Waals surface area (Å²) in [6, 6.07) is 16.7. The Morgan fingerprint density at radius 1 is 1.05 bits per heavy atom. The smallest absolute Gasteiger partial charge is 0.279 e. The van der Waals surface area contributed by atoms with Gasteiger partial charge in [-0.05, 0) is 60.2 Å². The summed E-state index contributed by atoms with van der Waals surface area (Å²) in [5.74, 6) is 0.621. The van der Waals surface area contributed by atoms with Crippen LogP contribution in [0.15, 0.2) is 65.8 Å². The molecule has 39 heavy (non-hydrogen) atoms. The van der Waals surface area contributed by atoms with Gasteiger partial charge in [-0.25, -0.2) is 4.98 Å². The van der Waals surface area contributed by atoms with Crippen LogP contribution in [0.4, 0.5) is 11.4 Å². The van der Waals surface area contributed by atoms with Crippen LogP contribution >= 0.6 is 0 Å². The maximum absolute atomic E-state index is 13.7. The molecule has 8 nitrogen and oxygen atoms in total. The number of aromatic nitrogens is 1. The molecule has 0 saturated carbocycles. The van der Waals surface area contributed by atoms with Crippen molar-refractivity contribution in [3.8, 4) is 5.75 Å². The molecule has 1 fully saturated rings. The van der Waals surface area contributed by atoms with E-state index in [1.54, 1.807) is 24.1 Å². The molecule has 1 aromatic heterocycles. The Kier molecular flexibility index (Phi) is 9.12. The Hall–Kier alpha value is -3.59. The highest BCUT2D eigenvalue weighted by Gasteiger charge is 2.28. The van der Waals surface area contributed by atoms with Crippen LogP contribution in [0.3, 0.4) is 0 Å². The zero-order chi connectivity index (χ0) is 28.0. The largest absolute Gasteiger partial charge is 0.495 e. The first kappa shape index (κ1) is 28.4. The number of benzene rings is 2. The quantitative estimate of drug-likeness (QED) is 0.367. The number of hydrogen-bond acceptors (Lipinski definition) is 6. The lowest BCUT2D eigenvalue weighted by Gasteiger charge is -2.37. The van der Waals surface area contributed by atoms with Crippen LogP contribution in [0.1, 0.15) is 61.0 Å². The van der Waals surface area contributed by atoms with Crippen LogP contribution in [-0.2, 0) is 16.4 Å². The Morgan fingerprint density at radius 3 is 2.38 bits per heavy atom. The SMILES string of the molecule is CCCCc1ccc(NS(=O)(=O)c2cc(C(=O)N3CCN(c4ccccc4OC)CC3)c(C(C)C)cn2)cc1. The predicted molar refractivity (Wildman–Crippen MR) is 155 cm³/mol. The standard InChI is InChI=1S/C30H38N4O4S/c1-5-6-9-23-12-14-24(15-13-23)32-39(36,37)29-20-25(26(21-31-29)22(2)3)30(35)34-18-16-33(17-19-34)27-10-7-8-11-28(27)38-4/h7-8,10-15,20-22,32H,5-6,9,16-19H2,1-4H3. The second kappa shape index (κ2) is 12.5. The third-order valence-corrected chi connectivity index (χ3v) is 8.33. The number of amides is 1. The zero-order valence-corrected chi connectivity index (χ0v) is 24.0. The molecule has 0 unspecified atom stereocenters. The highest BCUT2D eigenvalue weighted by Crippen LogP contribution is 2.29. The molecule has 4 rings (SSSR count). The van der Waals surface area contributed by atoms with E-state index in [0.717, 1.165) is 41.8 Å². The third kappa shape index (κ3) is 6.71. The first-order valence-corrected chi connectivity index (χ1v) is 15.0. The number of nitrogens with one attached hydrogen (secondary N) is 1. The van der Waals surface area contributed by atoms with Crippen LogP contribution < -0.4 is 14.4 Å². The zero-order valence-electron chi connectivity index (χ0n) is 23.2. The first-order chi connectivity index (χ1) is 18.7. The molecular formula is C30H38N4O4S. The number of unbranched alkanes of at least 4 members (excludes halogenated alkanes) is 1. The van der Waals surface area contributed by atoms with Crippen LogP contribution in [0, 0.1) is 0 Å². The molecule has 0 aliphatic carbocycles. The van der Waals surface area contributed by atoms with Crippen molar-refractivity contribution >= 4 is 27.3 Å². The molecule has 1 aliphatic heterocycles. The van der Waals surface area contributed by atoms with E-state index in [0.29, 0.717) is 37.4 Å². The Bertz CT molecular complexity index is 1380. The molecule has 0 spiro atoms. The summed E-state index contributed by atoms with van der Waals surface area (Å²) >= 11 is 0. The summed E-state index contributed by atoms with van der Waals surface area (Å²) in [5, 5.41) is -0.169. The van der Waals surface area contributed by atoms with Gasteiger partial charge in [0.2, 0.25) is 0 Å². The van der Waals surface area contributed by atoms with Gasteiger partial charge in [-0.3, -0.25) is 9.52 Å². The number of methoxy groups -OCH3 is 1. The fourth-order valence-electron chi connectivity index (χ4n) is 4.78. The average molecular weight is 551 g/mol. The molecule has 9 heteroatoms. The minimum absolute atomic E-state index is 0.00620. The minimum atomic E-state index is -3.98. The number of nitrogens with zero attached hydrogens (tertiary/aromatic N) is 3. The second-order valence-electron chi connectivity index (χ2n) is 10.1. The van der Waals surface area contributed by atoms with Gasteiger partial charge in [0.15, 0.2) is 5.03 Å². The number of aryl methyl sites for hydroxylation is 1. The van der Waals surface area contributed by atoms with E-state index >= 15 is 0 Å². The third-order valence-electron chi connectivity index (χ3n) is 7.06. The van der Waals surface area contributed by atoms with Crippen molar-refractivity contribution < 1.29 is 17.9 Å². The normalized spacial score (nSPS) is 14.0. The number of carbonyl (C=O) groups excluding carboxylic acids is 1. The molecule has 2 heterocycles. The minimum Gasteiger partial charge on any atom is -0.495 e. The number of para-hydroxylation sites is 2. The Balaban J connectivity index is 1.52. The maximum atomic E-state index is 13.7. The van der Waals surface area contributed by atoms with Crippen molar-refractivity contribution in [2.24, 2.45) is 0 Å². The van der Waals surface area contributed by atoms with Gasteiger partial charge in [-0.2, -0.15) is 8.42 Å². The molecular weight excluding hydrogens is 512 g/mol. The van der Waals surface area contributed by atoms with E-state index in [1.165, 1.54) is 12.3 Å². The van der Waals surface area contributed by atoms with Gasteiger partial charge in [0, 0.05) is 43.6 Å². The molecule has 0 radical (unpaired) electrons. The highest BCUT2D eigenvalue weighted by molar-refractivity contribution is 7.92. The van der Waals surface area contributed by atoms with Crippen molar-refractivity contribution in [3.63, 3.8) is 0 Å². The molecule has 2 aromatic carbocycles. The second-order valence-corrected chi connectivity index (χ2v) is 11.8. The van der Waals surface area contributed by atoms with Crippen LogP contribution in [0.25, 0.3) is 0 Å². The lowest BCUT2D eigenvalue weighted by molar-refractivity contribution is 0.0744. The van der Waals surface area contributed by atoms with E-state index in [2.05, 4.69) is 21.5 Å². The predicted octanol–water partition coefficient (Wildman–Crippen LogP) is 5.32. The van der Waals surface area contributed by atoms with Gasteiger partial charge >= 0.3 is 0 Å². The molecule has 3 aromatic rings. The van der Waals surface area contributed by atoms with Gasteiger partial charge in [-0.1, -0.05) is 51.5 Å². The summed E-state index contributed by atoms with van der Waals surface area (Å²) in [7, 11) is -2.33. The van der Waals surface area contributed by atoms with Gasteiger partial charge in [0.25, 0.3) is 15.9 Å². The van der Waals surface area contributed by atoms with Crippen LogP contribution in [0.5, 0.6) is 5.75 Å². The topological polar surface area (TPSA) is 91.8 Å². The number of sulfonamides is 1. The first-order valence-electron chi connectivity index (χ1n) is 13.5. The summed E-state index contributed by atoms with van der Waals surface area (Å²) < 4.78 is 34.6. The van der Waals surface area contributed by atoms with Crippen molar-refractivity contribution in [2.75, 3.05) is 42.9 Å². The Morgan fingerprint density at radius 2 is 1.74 bits per heavy atom. The van der Waals surface area contributed by atoms with Crippen molar-refractivity contribution in [1.29, 1.82) is 0 Å². The molecule has 208 valence electrons. The number of hydrogen-bond donors (Lipinski definition) is 1. The summed E-state index contributed by atoms with van der Waals surface area (Å²) in [4.78, 5) is 21.9. The van der Waals surface area contributed by atoms with Gasteiger partial charge < -0.3 is 14.5 Å². The van der Waals surface area contributed by atoms with Gasteiger partial charge in [-0.15, -0.1) is 0 Å². The maximum Gasteiger partial charge on any atom is 0.279 e. The summed E-state index contributed by atoms with van der Waals surface area (Å²) in [6.07, 6.45) is 4.67. The molecule has 1 aliphatic rings. The fraction of sp³-hybridized carbons (Fsp3) is 0.400. The lowest BCUT2D eigenvalue weighted by atomic mass is 9.98. The van der Waals surface area contributed by atoms with E-state index < -0.39 is 10.0 Å². The van der Waals surface area contributed by atoms with E-state index in [1.807, 2.05) is 50.2 Å². The van der Waals surface area contributed by atoms with Crippen LogP contribution in [-0.4, -0.2) is 57.5 Å². The molecule has 1 N–H and O–H groups in total. The average Bonchev–Trinajstić information content (AvgIpc) is 2.96. The number of carbonyl (C=O) groups is 1.